The zero-order chi connectivity index (χ0) is 15.0. The molecule has 0 spiro atoms. The molecule has 1 amide bonds. The summed E-state index contributed by atoms with van der Waals surface area (Å²) in [5.74, 6) is 0.158. The highest BCUT2D eigenvalue weighted by Crippen LogP contribution is 2.32. The van der Waals surface area contributed by atoms with Crippen molar-refractivity contribution in [2.24, 2.45) is 0 Å². The minimum atomic E-state index is -0.333. The van der Waals surface area contributed by atoms with Gasteiger partial charge in [-0.15, -0.1) is 0 Å². The van der Waals surface area contributed by atoms with Crippen molar-refractivity contribution in [3.63, 3.8) is 0 Å². The van der Waals surface area contributed by atoms with E-state index in [4.69, 9.17) is 4.74 Å². The predicted molar refractivity (Wildman–Crippen MR) is 74.5 cm³/mol. The molecule has 1 aromatic heterocycles. The van der Waals surface area contributed by atoms with E-state index in [2.05, 4.69) is 15.5 Å². The van der Waals surface area contributed by atoms with E-state index in [0.717, 1.165) is 17.0 Å². The molecule has 6 heteroatoms. The maximum atomic E-state index is 13.3. The summed E-state index contributed by atoms with van der Waals surface area (Å²) < 4.78 is 18.8. The van der Waals surface area contributed by atoms with Gasteiger partial charge in [0.15, 0.2) is 0 Å². The molecule has 1 aliphatic rings. The van der Waals surface area contributed by atoms with Crippen molar-refractivity contribution in [2.75, 3.05) is 6.61 Å². The Kier molecular flexibility index (Phi) is 3.37. The van der Waals surface area contributed by atoms with Crippen LogP contribution in [0.2, 0.25) is 0 Å². The van der Waals surface area contributed by atoms with Crippen LogP contribution in [-0.2, 0) is 11.2 Å². The lowest BCUT2D eigenvalue weighted by Gasteiger charge is -2.12. The number of nitrogens with one attached hydrogen (secondary N) is 2. The smallest absolute Gasteiger partial charge is 0.225 e. The summed E-state index contributed by atoms with van der Waals surface area (Å²) in [7, 11) is 0. The van der Waals surface area contributed by atoms with E-state index in [-0.39, 0.29) is 24.2 Å². The van der Waals surface area contributed by atoms with E-state index >= 15 is 0 Å². The van der Waals surface area contributed by atoms with Crippen molar-refractivity contribution in [3.05, 3.63) is 46.5 Å². The monoisotopic (exact) mass is 289 g/mol. The summed E-state index contributed by atoms with van der Waals surface area (Å²) in [6.07, 6.45) is 0.245. The lowest BCUT2D eigenvalue weighted by Crippen LogP contribution is -2.31. The fourth-order valence-electron chi connectivity index (χ4n) is 2.55. The first kappa shape index (κ1) is 13.6. The molecule has 0 aliphatic carbocycles. The summed E-state index contributed by atoms with van der Waals surface area (Å²) in [5, 5.41) is 9.81. The van der Waals surface area contributed by atoms with Crippen molar-refractivity contribution in [2.45, 2.75) is 26.3 Å². The second-order valence-corrected chi connectivity index (χ2v) is 5.20. The molecule has 3 rings (SSSR count). The third-order valence-corrected chi connectivity index (χ3v) is 3.71. The predicted octanol–water partition coefficient (Wildman–Crippen LogP) is 1.96. The van der Waals surface area contributed by atoms with Gasteiger partial charge in [-0.05, 0) is 32.0 Å². The fourth-order valence-corrected chi connectivity index (χ4v) is 2.55. The first-order valence-corrected chi connectivity index (χ1v) is 6.76. The van der Waals surface area contributed by atoms with Gasteiger partial charge < -0.3 is 10.1 Å². The van der Waals surface area contributed by atoms with Crippen LogP contribution in [0.25, 0.3) is 0 Å². The number of hydrogen-bond acceptors (Lipinski definition) is 3. The van der Waals surface area contributed by atoms with E-state index in [9.17, 15) is 9.18 Å². The van der Waals surface area contributed by atoms with Crippen LogP contribution in [0.3, 0.4) is 0 Å². The number of nitrogens with zero attached hydrogens (tertiary/aromatic N) is 1. The highest BCUT2D eigenvalue weighted by molar-refractivity contribution is 5.79. The minimum absolute atomic E-state index is 0.131. The molecule has 0 radical (unpaired) electrons. The number of ether oxygens (including phenoxy) is 1. The second-order valence-electron chi connectivity index (χ2n) is 5.20. The molecule has 110 valence electrons. The van der Waals surface area contributed by atoms with Gasteiger partial charge in [-0.25, -0.2) is 4.39 Å². The Morgan fingerprint density at radius 1 is 1.52 bits per heavy atom. The summed E-state index contributed by atoms with van der Waals surface area (Å²) in [5.41, 5.74) is 3.28. The van der Waals surface area contributed by atoms with Gasteiger partial charge in [0, 0.05) is 16.8 Å². The van der Waals surface area contributed by atoms with Gasteiger partial charge in [-0.1, -0.05) is 0 Å². The molecule has 5 nitrogen and oxygen atoms in total. The lowest BCUT2D eigenvalue weighted by atomic mass is 10.1. The van der Waals surface area contributed by atoms with E-state index < -0.39 is 0 Å². The molecule has 0 saturated carbocycles. The molecule has 1 aliphatic heterocycles. The number of fused-ring (bicyclic) bond motifs is 1. The number of benzene rings is 1. The molecule has 1 atom stereocenters. The number of aromatic amines is 1. The Hall–Kier alpha value is -2.37. The maximum Gasteiger partial charge on any atom is 0.225 e. The van der Waals surface area contributed by atoms with E-state index in [1.807, 2.05) is 13.8 Å². The quantitative estimate of drug-likeness (QED) is 0.907. The van der Waals surface area contributed by atoms with Gasteiger partial charge in [-0.3, -0.25) is 9.89 Å². The molecular formula is C15H16FN3O2. The van der Waals surface area contributed by atoms with Crippen LogP contribution in [-0.4, -0.2) is 22.7 Å². The van der Waals surface area contributed by atoms with Crippen LogP contribution < -0.4 is 10.1 Å². The first-order chi connectivity index (χ1) is 10.0. The summed E-state index contributed by atoms with van der Waals surface area (Å²) >= 11 is 0. The number of H-pyrrole nitrogens is 1. The molecule has 0 bridgehead atoms. The lowest BCUT2D eigenvalue weighted by molar-refractivity contribution is -0.121. The Balaban J connectivity index is 1.71. The Bertz CT molecular complexity index is 677. The van der Waals surface area contributed by atoms with Gasteiger partial charge in [0.25, 0.3) is 0 Å². The standard InChI is InChI=1S/C15H16FN3O2/c1-8-11(9(2)19-18-8)6-15(20)17-13-7-21-14-4-3-10(16)5-12(13)14/h3-5,13H,6-7H2,1-2H3,(H,17,20)(H,18,19). The number of hydrogen-bond donors (Lipinski definition) is 2. The third kappa shape index (κ3) is 2.61. The van der Waals surface area contributed by atoms with Crippen molar-refractivity contribution in [3.8, 4) is 5.75 Å². The average molecular weight is 289 g/mol. The number of aryl methyl sites for hydroxylation is 2. The number of rotatable bonds is 3. The van der Waals surface area contributed by atoms with E-state index in [0.29, 0.717) is 17.9 Å². The Morgan fingerprint density at radius 2 is 2.33 bits per heavy atom. The molecule has 2 heterocycles. The van der Waals surface area contributed by atoms with Crippen LogP contribution in [0.1, 0.15) is 28.6 Å². The number of carbonyl (C=O) groups excluding carboxylic acids is 1. The van der Waals surface area contributed by atoms with Crippen molar-refractivity contribution in [1.82, 2.24) is 15.5 Å². The van der Waals surface area contributed by atoms with Gasteiger partial charge >= 0.3 is 0 Å². The second kappa shape index (κ2) is 5.20. The molecule has 2 aromatic rings. The van der Waals surface area contributed by atoms with Crippen molar-refractivity contribution >= 4 is 5.91 Å². The molecule has 0 saturated heterocycles. The molecule has 21 heavy (non-hydrogen) atoms. The topological polar surface area (TPSA) is 67.0 Å². The zero-order valence-corrected chi connectivity index (χ0v) is 11.9. The number of carbonyl (C=O) groups is 1. The molecule has 0 fully saturated rings. The highest BCUT2D eigenvalue weighted by Gasteiger charge is 2.26. The molecule has 1 unspecified atom stereocenters. The van der Waals surface area contributed by atoms with E-state index in [1.54, 1.807) is 6.07 Å². The van der Waals surface area contributed by atoms with Crippen molar-refractivity contribution in [1.29, 1.82) is 0 Å². The van der Waals surface area contributed by atoms with Gasteiger partial charge in [-0.2, -0.15) is 5.10 Å². The number of aromatic nitrogens is 2. The van der Waals surface area contributed by atoms with Crippen LogP contribution in [0.5, 0.6) is 5.75 Å². The number of halogens is 1. The SMILES string of the molecule is Cc1n[nH]c(C)c1CC(=O)NC1COc2ccc(F)cc21. The van der Waals surface area contributed by atoms with Gasteiger partial charge in [0.1, 0.15) is 18.2 Å². The largest absolute Gasteiger partial charge is 0.491 e. The fraction of sp³-hybridized carbons (Fsp3) is 0.333. The number of amides is 1. The zero-order valence-electron chi connectivity index (χ0n) is 11.9. The third-order valence-electron chi connectivity index (χ3n) is 3.71. The molecular weight excluding hydrogens is 273 g/mol. The van der Waals surface area contributed by atoms with Crippen molar-refractivity contribution < 1.29 is 13.9 Å². The minimum Gasteiger partial charge on any atom is -0.491 e. The van der Waals surface area contributed by atoms with Crippen LogP contribution in [0, 0.1) is 19.7 Å². The summed E-state index contributed by atoms with van der Waals surface area (Å²) in [6.45, 7) is 4.06. The highest BCUT2D eigenvalue weighted by atomic mass is 19.1. The van der Waals surface area contributed by atoms with Crippen LogP contribution in [0.15, 0.2) is 18.2 Å². The normalized spacial score (nSPS) is 16.4. The van der Waals surface area contributed by atoms with Gasteiger partial charge in [0.2, 0.25) is 5.91 Å². The molecule has 2 N–H and O–H groups in total. The summed E-state index contributed by atoms with van der Waals surface area (Å²) in [4.78, 5) is 12.2. The van der Waals surface area contributed by atoms with Gasteiger partial charge in [0.05, 0.1) is 18.2 Å². The van der Waals surface area contributed by atoms with Crippen LogP contribution in [0.4, 0.5) is 4.39 Å². The van der Waals surface area contributed by atoms with Crippen LogP contribution >= 0.6 is 0 Å². The Morgan fingerprint density at radius 3 is 3.05 bits per heavy atom. The summed E-state index contributed by atoms with van der Waals surface area (Å²) in [6, 6.07) is 4.03. The average Bonchev–Trinajstić information content (AvgIpc) is 2.97. The Labute approximate surface area is 121 Å². The first-order valence-electron chi connectivity index (χ1n) is 6.76. The molecule has 1 aromatic carbocycles. The van der Waals surface area contributed by atoms with E-state index in [1.165, 1.54) is 12.1 Å². The maximum absolute atomic E-state index is 13.3.